The average molecular weight is 281 g/mol. The summed E-state index contributed by atoms with van der Waals surface area (Å²) in [6.07, 6.45) is 2.96. The molecule has 1 aromatic heterocycles. The van der Waals surface area contributed by atoms with Crippen molar-refractivity contribution in [1.82, 2.24) is 14.5 Å². The van der Waals surface area contributed by atoms with E-state index in [0.29, 0.717) is 23.4 Å². The highest BCUT2D eigenvalue weighted by atomic mass is 32.1. The van der Waals surface area contributed by atoms with Gasteiger partial charge in [-0.3, -0.25) is 9.59 Å². The molecule has 1 aromatic rings. The molecule has 102 valence electrons. The highest BCUT2D eigenvalue weighted by Crippen LogP contribution is 2.42. The van der Waals surface area contributed by atoms with Crippen LogP contribution in [0.1, 0.15) is 41.6 Å². The first-order chi connectivity index (χ1) is 9.13. The second kappa shape index (κ2) is 4.56. The van der Waals surface area contributed by atoms with E-state index >= 15 is 0 Å². The first kappa shape index (κ1) is 12.5. The van der Waals surface area contributed by atoms with Crippen LogP contribution in [0.2, 0.25) is 0 Å². The number of amides is 1. The Balaban J connectivity index is 1.87. The number of carboxylic acids is 1. The lowest BCUT2D eigenvalue weighted by Gasteiger charge is -2.22. The van der Waals surface area contributed by atoms with Crippen molar-refractivity contribution in [1.29, 1.82) is 0 Å². The van der Waals surface area contributed by atoms with Crippen LogP contribution in [0.5, 0.6) is 0 Å². The SMILES string of the molecule is CCc1nnsc1C(=O)N1C2CCC1C(C(=O)O)C2. The quantitative estimate of drug-likeness (QED) is 0.899. The maximum Gasteiger partial charge on any atom is 0.308 e. The van der Waals surface area contributed by atoms with Crippen molar-refractivity contribution in [2.75, 3.05) is 0 Å². The first-order valence-electron chi connectivity index (χ1n) is 6.50. The molecule has 0 saturated carbocycles. The summed E-state index contributed by atoms with van der Waals surface area (Å²) in [4.78, 5) is 26.1. The van der Waals surface area contributed by atoms with Crippen LogP contribution in [0.15, 0.2) is 0 Å². The third-order valence-electron chi connectivity index (χ3n) is 4.17. The standard InChI is InChI=1S/C12H15N3O3S/c1-2-8-10(19-14-13-8)11(16)15-6-3-4-9(15)7(5-6)12(17)18/h6-7,9H,2-5H2,1H3,(H,17,18). The van der Waals surface area contributed by atoms with Crippen molar-refractivity contribution < 1.29 is 14.7 Å². The summed E-state index contributed by atoms with van der Waals surface area (Å²) < 4.78 is 3.84. The summed E-state index contributed by atoms with van der Waals surface area (Å²) in [5, 5.41) is 13.2. The highest BCUT2D eigenvalue weighted by molar-refractivity contribution is 7.08. The molecular weight excluding hydrogens is 266 g/mol. The van der Waals surface area contributed by atoms with E-state index < -0.39 is 11.9 Å². The molecule has 19 heavy (non-hydrogen) atoms. The van der Waals surface area contributed by atoms with Gasteiger partial charge in [-0.2, -0.15) is 0 Å². The van der Waals surface area contributed by atoms with E-state index in [0.717, 1.165) is 24.4 Å². The van der Waals surface area contributed by atoms with Gasteiger partial charge in [0.2, 0.25) is 0 Å². The molecule has 0 aromatic carbocycles. The second-order valence-electron chi connectivity index (χ2n) is 5.09. The van der Waals surface area contributed by atoms with Gasteiger partial charge in [0.15, 0.2) is 0 Å². The van der Waals surface area contributed by atoms with Crippen molar-refractivity contribution >= 4 is 23.4 Å². The fraction of sp³-hybridized carbons (Fsp3) is 0.667. The molecule has 6 nitrogen and oxygen atoms in total. The lowest BCUT2D eigenvalue weighted by molar-refractivity contribution is -0.142. The van der Waals surface area contributed by atoms with E-state index in [2.05, 4.69) is 9.59 Å². The van der Waals surface area contributed by atoms with E-state index in [-0.39, 0.29) is 18.0 Å². The molecular formula is C12H15N3O3S. The average Bonchev–Trinajstić information content (AvgIpc) is 3.11. The number of aliphatic carboxylic acids is 1. The number of aromatic nitrogens is 2. The van der Waals surface area contributed by atoms with Crippen LogP contribution in [0.3, 0.4) is 0 Å². The van der Waals surface area contributed by atoms with Crippen molar-refractivity contribution in [2.24, 2.45) is 5.92 Å². The third-order valence-corrected chi connectivity index (χ3v) is 4.93. The molecule has 3 atom stereocenters. The van der Waals surface area contributed by atoms with Crippen LogP contribution in [0.25, 0.3) is 0 Å². The Kier molecular flexibility index (Phi) is 3.00. The minimum Gasteiger partial charge on any atom is -0.481 e. The number of fused-ring (bicyclic) bond motifs is 2. The Morgan fingerprint density at radius 2 is 2.26 bits per heavy atom. The van der Waals surface area contributed by atoms with Gasteiger partial charge in [-0.15, -0.1) is 5.10 Å². The maximum atomic E-state index is 12.6. The number of rotatable bonds is 3. The predicted molar refractivity (Wildman–Crippen MR) is 68.0 cm³/mol. The minimum absolute atomic E-state index is 0.0745. The fourth-order valence-electron chi connectivity index (χ4n) is 3.29. The van der Waals surface area contributed by atoms with E-state index in [1.165, 1.54) is 0 Å². The van der Waals surface area contributed by atoms with Gasteiger partial charge in [-0.1, -0.05) is 11.4 Å². The summed E-state index contributed by atoms with van der Waals surface area (Å²) in [6.45, 7) is 1.94. The Labute approximate surface area is 114 Å². The zero-order valence-electron chi connectivity index (χ0n) is 10.6. The molecule has 0 spiro atoms. The monoisotopic (exact) mass is 281 g/mol. The normalized spacial score (nSPS) is 28.9. The number of nitrogens with zero attached hydrogens (tertiary/aromatic N) is 3. The lowest BCUT2D eigenvalue weighted by atomic mass is 9.89. The van der Waals surface area contributed by atoms with Gasteiger partial charge < -0.3 is 10.0 Å². The zero-order chi connectivity index (χ0) is 13.6. The number of hydrogen-bond donors (Lipinski definition) is 1. The van der Waals surface area contributed by atoms with Crippen molar-refractivity contribution in [3.8, 4) is 0 Å². The predicted octanol–water partition coefficient (Wildman–Crippen LogP) is 1.18. The molecule has 3 rings (SSSR count). The van der Waals surface area contributed by atoms with Crippen LogP contribution in [0, 0.1) is 5.92 Å². The molecule has 3 unspecified atom stereocenters. The fourth-order valence-corrected chi connectivity index (χ4v) is 3.99. The Morgan fingerprint density at radius 3 is 2.89 bits per heavy atom. The maximum absolute atomic E-state index is 12.6. The molecule has 0 aliphatic carbocycles. The molecule has 2 aliphatic rings. The number of carbonyl (C=O) groups excluding carboxylic acids is 1. The molecule has 1 amide bonds. The number of hydrogen-bond acceptors (Lipinski definition) is 5. The molecule has 0 radical (unpaired) electrons. The number of aryl methyl sites for hydroxylation is 1. The largest absolute Gasteiger partial charge is 0.481 e. The molecule has 2 fully saturated rings. The molecule has 3 heterocycles. The van der Waals surface area contributed by atoms with Gasteiger partial charge in [0.05, 0.1) is 11.6 Å². The topological polar surface area (TPSA) is 83.4 Å². The Bertz CT molecular complexity index is 530. The van der Waals surface area contributed by atoms with Crippen molar-refractivity contribution in [3.05, 3.63) is 10.6 Å². The zero-order valence-corrected chi connectivity index (χ0v) is 11.4. The van der Waals surface area contributed by atoms with Crippen LogP contribution < -0.4 is 0 Å². The molecule has 7 heteroatoms. The molecule has 1 N–H and O–H groups in total. The van der Waals surface area contributed by atoms with Crippen molar-refractivity contribution in [2.45, 2.75) is 44.7 Å². The van der Waals surface area contributed by atoms with Gasteiger partial charge in [0, 0.05) is 12.1 Å². The summed E-state index contributed by atoms with van der Waals surface area (Å²) in [5.74, 6) is -1.28. The van der Waals surface area contributed by atoms with Crippen LogP contribution >= 0.6 is 11.5 Å². The minimum atomic E-state index is -0.789. The van der Waals surface area contributed by atoms with Gasteiger partial charge in [-0.25, -0.2) is 0 Å². The van der Waals surface area contributed by atoms with Crippen LogP contribution in [-0.2, 0) is 11.2 Å². The molecule has 2 bridgehead atoms. The van der Waals surface area contributed by atoms with E-state index in [1.54, 1.807) is 4.90 Å². The number of carboxylic acid groups (broad SMARTS) is 1. The Morgan fingerprint density at radius 1 is 1.47 bits per heavy atom. The van der Waals surface area contributed by atoms with Gasteiger partial charge in [-0.05, 0) is 37.2 Å². The number of carbonyl (C=O) groups is 2. The smallest absolute Gasteiger partial charge is 0.308 e. The third kappa shape index (κ3) is 1.83. The van der Waals surface area contributed by atoms with Gasteiger partial charge in [0.1, 0.15) is 4.88 Å². The van der Waals surface area contributed by atoms with Crippen molar-refractivity contribution in [3.63, 3.8) is 0 Å². The van der Waals surface area contributed by atoms with E-state index in [4.69, 9.17) is 0 Å². The van der Waals surface area contributed by atoms with E-state index in [1.807, 2.05) is 6.92 Å². The van der Waals surface area contributed by atoms with Gasteiger partial charge >= 0.3 is 5.97 Å². The van der Waals surface area contributed by atoms with Crippen LogP contribution in [0.4, 0.5) is 0 Å². The van der Waals surface area contributed by atoms with E-state index in [9.17, 15) is 14.7 Å². The summed E-state index contributed by atoms with van der Waals surface area (Å²) >= 11 is 1.11. The summed E-state index contributed by atoms with van der Waals surface area (Å²) in [6, 6.07) is -0.0767. The summed E-state index contributed by atoms with van der Waals surface area (Å²) in [7, 11) is 0. The van der Waals surface area contributed by atoms with Gasteiger partial charge in [0.25, 0.3) is 5.91 Å². The van der Waals surface area contributed by atoms with Crippen LogP contribution in [-0.4, -0.2) is 43.6 Å². The second-order valence-corrected chi connectivity index (χ2v) is 5.85. The Hall–Kier alpha value is -1.50. The molecule has 2 aliphatic heterocycles. The highest BCUT2D eigenvalue weighted by Gasteiger charge is 2.51. The lowest BCUT2D eigenvalue weighted by Crippen LogP contribution is -2.37. The molecule has 2 saturated heterocycles. The summed E-state index contributed by atoms with van der Waals surface area (Å²) in [5.41, 5.74) is 0.716. The first-order valence-corrected chi connectivity index (χ1v) is 7.27.